The summed E-state index contributed by atoms with van der Waals surface area (Å²) in [4.78, 5) is 17.1. The summed E-state index contributed by atoms with van der Waals surface area (Å²) in [6, 6.07) is 7.31. The van der Waals surface area contributed by atoms with E-state index >= 15 is 0 Å². The molecule has 0 heterocycles. The topological polar surface area (TPSA) is 38.7 Å². The van der Waals surface area contributed by atoms with Crippen LogP contribution in [0.25, 0.3) is 0 Å². The minimum absolute atomic E-state index is 0.367. The highest BCUT2D eigenvalue weighted by molar-refractivity contribution is 5.91. The van der Waals surface area contributed by atoms with Gasteiger partial charge in [-0.2, -0.15) is 0 Å². The Labute approximate surface area is 126 Å². The number of rotatable bonds is 3. The molecule has 0 radical (unpaired) electrons. The van der Waals surface area contributed by atoms with Gasteiger partial charge in [-0.15, -0.1) is 0 Å². The van der Waals surface area contributed by atoms with Crippen LogP contribution in [-0.4, -0.2) is 11.7 Å². The second-order valence-electron chi connectivity index (χ2n) is 6.05. The molecule has 0 aliphatic heterocycles. The standard InChI is InChI=1S/C18H23NO2/c1-12(2)16-10-7-14(4)17(11-16)19-21-18(20)15-8-5-13(3)6-9-15/h5-6,8-9,14,16H,1,7,10-11H2,2-4H3/b19-17+/t14-,16-/m0/s1. The lowest BCUT2D eigenvalue weighted by molar-refractivity contribution is 0.0511. The first-order valence-electron chi connectivity index (χ1n) is 7.47. The maximum atomic E-state index is 12.0. The Balaban J connectivity index is 2.03. The zero-order valence-electron chi connectivity index (χ0n) is 13.1. The van der Waals surface area contributed by atoms with Gasteiger partial charge in [0, 0.05) is 0 Å². The van der Waals surface area contributed by atoms with Gasteiger partial charge in [0.2, 0.25) is 0 Å². The lowest BCUT2D eigenvalue weighted by Crippen LogP contribution is -2.24. The number of hydrogen-bond donors (Lipinski definition) is 0. The lowest BCUT2D eigenvalue weighted by atomic mass is 9.79. The highest BCUT2D eigenvalue weighted by Gasteiger charge is 2.25. The van der Waals surface area contributed by atoms with Gasteiger partial charge < -0.3 is 4.84 Å². The van der Waals surface area contributed by atoms with Gasteiger partial charge in [-0.3, -0.25) is 0 Å². The Morgan fingerprint density at radius 3 is 2.57 bits per heavy atom. The van der Waals surface area contributed by atoms with Crippen LogP contribution in [0.3, 0.4) is 0 Å². The van der Waals surface area contributed by atoms with Crippen LogP contribution in [0, 0.1) is 18.8 Å². The predicted octanol–water partition coefficient (Wildman–Crippen LogP) is 4.52. The third kappa shape index (κ3) is 4.03. The van der Waals surface area contributed by atoms with Crippen LogP contribution in [0.4, 0.5) is 0 Å². The molecule has 2 rings (SSSR count). The van der Waals surface area contributed by atoms with Crippen molar-refractivity contribution >= 4 is 11.7 Å². The minimum Gasteiger partial charge on any atom is -0.313 e. The van der Waals surface area contributed by atoms with Gasteiger partial charge in [0.05, 0.1) is 11.3 Å². The predicted molar refractivity (Wildman–Crippen MR) is 85.3 cm³/mol. The quantitative estimate of drug-likeness (QED) is 0.465. The van der Waals surface area contributed by atoms with E-state index in [2.05, 4.69) is 25.6 Å². The number of nitrogens with zero attached hydrogens (tertiary/aromatic N) is 1. The first-order valence-corrected chi connectivity index (χ1v) is 7.47. The minimum atomic E-state index is -0.396. The molecule has 1 aliphatic carbocycles. The molecular weight excluding hydrogens is 262 g/mol. The first-order chi connectivity index (χ1) is 9.97. The first kappa shape index (κ1) is 15.5. The molecule has 1 aromatic rings. The molecule has 1 aliphatic rings. The summed E-state index contributed by atoms with van der Waals surface area (Å²) in [6.07, 6.45) is 3.05. The highest BCUT2D eigenvalue weighted by Crippen LogP contribution is 2.30. The molecule has 0 saturated heterocycles. The van der Waals surface area contributed by atoms with E-state index in [0.29, 0.717) is 17.4 Å². The van der Waals surface area contributed by atoms with Crippen molar-refractivity contribution in [2.75, 3.05) is 0 Å². The maximum absolute atomic E-state index is 12.0. The summed E-state index contributed by atoms with van der Waals surface area (Å²) in [5, 5.41) is 4.12. The fourth-order valence-corrected chi connectivity index (χ4v) is 2.56. The zero-order chi connectivity index (χ0) is 15.4. The van der Waals surface area contributed by atoms with Crippen LogP contribution < -0.4 is 0 Å². The van der Waals surface area contributed by atoms with E-state index < -0.39 is 5.97 Å². The number of carbonyl (C=O) groups excluding carboxylic acids is 1. The van der Waals surface area contributed by atoms with Crippen molar-refractivity contribution in [3.8, 4) is 0 Å². The van der Waals surface area contributed by atoms with Crippen molar-refractivity contribution in [2.45, 2.75) is 40.0 Å². The van der Waals surface area contributed by atoms with Crippen molar-refractivity contribution < 1.29 is 9.63 Å². The fourth-order valence-electron chi connectivity index (χ4n) is 2.56. The number of benzene rings is 1. The van der Waals surface area contributed by atoms with Gasteiger partial charge in [-0.25, -0.2) is 4.79 Å². The van der Waals surface area contributed by atoms with E-state index in [0.717, 1.165) is 30.5 Å². The van der Waals surface area contributed by atoms with Crippen LogP contribution >= 0.6 is 0 Å². The van der Waals surface area contributed by atoms with Crippen LogP contribution in [0.15, 0.2) is 41.6 Å². The SMILES string of the molecule is C=C(C)[C@H]1CC[C@H](C)/C(=N/OC(=O)c2ccc(C)cc2)C1. The van der Waals surface area contributed by atoms with E-state index in [9.17, 15) is 4.79 Å². The molecule has 0 unspecified atom stereocenters. The molecule has 3 nitrogen and oxygen atoms in total. The van der Waals surface area contributed by atoms with Crippen LogP contribution in [-0.2, 0) is 4.84 Å². The van der Waals surface area contributed by atoms with Crippen molar-refractivity contribution in [1.29, 1.82) is 0 Å². The molecule has 1 saturated carbocycles. The van der Waals surface area contributed by atoms with Gasteiger partial charge >= 0.3 is 5.97 Å². The largest absolute Gasteiger partial charge is 0.365 e. The summed E-state index contributed by atoms with van der Waals surface area (Å²) in [6.45, 7) is 10.2. The molecule has 0 spiro atoms. The molecule has 1 aromatic carbocycles. The van der Waals surface area contributed by atoms with Crippen molar-refractivity contribution in [3.63, 3.8) is 0 Å². The number of oxime groups is 1. The van der Waals surface area contributed by atoms with Gasteiger partial charge in [-0.1, -0.05) is 41.9 Å². The maximum Gasteiger partial charge on any atom is 0.365 e. The van der Waals surface area contributed by atoms with Crippen molar-refractivity contribution in [1.82, 2.24) is 0 Å². The molecule has 1 fully saturated rings. The zero-order valence-corrected chi connectivity index (χ0v) is 13.1. The monoisotopic (exact) mass is 285 g/mol. The Kier molecular flexibility index (Phi) is 4.94. The normalized spacial score (nSPS) is 23.9. The van der Waals surface area contributed by atoms with Gasteiger partial charge in [-0.05, 0) is 57.1 Å². The van der Waals surface area contributed by atoms with Gasteiger partial charge in [0.1, 0.15) is 0 Å². The van der Waals surface area contributed by atoms with Gasteiger partial charge in [0.15, 0.2) is 0 Å². The number of hydrogen-bond acceptors (Lipinski definition) is 3. The number of allylic oxidation sites excluding steroid dienone is 1. The average molecular weight is 285 g/mol. The third-order valence-corrected chi connectivity index (χ3v) is 4.20. The van der Waals surface area contributed by atoms with Gasteiger partial charge in [0.25, 0.3) is 0 Å². The summed E-state index contributed by atoms with van der Waals surface area (Å²) < 4.78 is 0. The lowest BCUT2D eigenvalue weighted by Gasteiger charge is -2.27. The van der Waals surface area contributed by atoms with E-state index in [1.54, 1.807) is 12.1 Å². The molecule has 0 amide bonds. The Morgan fingerprint density at radius 2 is 1.95 bits per heavy atom. The summed E-state index contributed by atoms with van der Waals surface area (Å²) in [7, 11) is 0. The summed E-state index contributed by atoms with van der Waals surface area (Å²) in [5.74, 6) is 0.427. The summed E-state index contributed by atoms with van der Waals surface area (Å²) >= 11 is 0. The fraction of sp³-hybridized carbons (Fsp3) is 0.444. The molecule has 112 valence electrons. The van der Waals surface area contributed by atoms with E-state index in [1.807, 2.05) is 19.1 Å². The third-order valence-electron chi connectivity index (χ3n) is 4.20. The van der Waals surface area contributed by atoms with Crippen LogP contribution in [0.2, 0.25) is 0 Å². The Bertz CT molecular complexity index is 557. The Morgan fingerprint density at radius 1 is 1.29 bits per heavy atom. The van der Waals surface area contributed by atoms with Crippen molar-refractivity contribution in [3.05, 3.63) is 47.5 Å². The molecule has 3 heteroatoms. The number of aryl methyl sites for hydroxylation is 1. The molecule has 0 aromatic heterocycles. The molecule has 0 bridgehead atoms. The van der Waals surface area contributed by atoms with Crippen LogP contribution in [0.5, 0.6) is 0 Å². The number of carbonyl (C=O) groups is 1. The molecule has 21 heavy (non-hydrogen) atoms. The second-order valence-corrected chi connectivity index (χ2v) is 6.05. The molecular formula is C18H23NO2. The molecule has 0 N–H and O–H groups in total. The second kappa shape index (κ2) is 6.70. The average Bonchev–Trinajstić information content (AvgIpc) is 2.46. The van der Waals surface area contributed by atoms with E-state index in [-0.39, 0.29) is 0 Å². The smallest absolute Gasteiger partial charge is 0.313 e. The van der Waals surface area contributed by atoms with Crippen LogP contribution in [0.1, 0.15) is 49.0 Å². The summed E-state index contributed by atoms with van der Waals surface area (Å²) in [5.41, 5.74) is 3.79. The molecule has 2 atom stereocenters. The van der Waals surface area contributed by atoms with E-state index in [4.69, 9.17) is 4.84 Å². The van der Waals surface area contributed by atoms with E-state index in [1.165, 1.54) is 5.57 Å². The Hall–Kier alpha value is -1.90. The van der Waals surface area contributed by atoms with Crippen molar-refractivity contribution in [2.24, 2.45) is 17.0 Å². The highest BCUT2D eigenvalue weighted by atomic mass is 16.7.